The first kappa shape index (κ1) is 17.1. The predicted octanol–water partition coefficient (Wildman–Crippen LogP) is 1.64. The van der Waals surface area contributed by atoms with Crippen LogP contribution in [0.4, 0.5) is 5.95 Å². The Morgan fingerprint density at radius 3 is 2.77 bits per heavy atom. The number of nitrogens with one attached hydrogen (secondary N) is 1. The standard InChI is InChI=1S/C18H16N6O2/c1-23(2)16(25)10-24-11-20-18(22-24)21-17(26)15-8-12(9-19)7-13-5-3-4-6-14(13)15/h3-8,11H,10H2,1-2H3,(H,21,22,26). The van der Waals surface area contributed by atoms with Gasteiger partial charge in [0.2, 0.25) is 11.9 Å². The summed E-state index contributed by atoms with van der Waals surface area (Å²) in [6, 6.07) is 12.6. The number of fused-ring (bicyclic) bond motifs is 1. The molecule has 2 aromatic carbocycles. The number of nitrogens with zero attached hydrogens (tertiary/aromatic N) is 5. The zero-order chi connectivity index (χ0) is 18.7. The number of rotatable bonds is 4. The average molecular weight is 348 g/mol. The Hall–Kier alpha value is -3.73. The van der Waals surface area contributed by atoms with Crippen LogP contribution in [0.1, 0.15) is 15.9 Å². The van der Waals surface area contributed by atoms with E-state index in [4.69, 9.17) is 0 Å². The fraction of sp³-hybridized carbons (Fsp3) is 0.167. The third-order valence-corrected chi connectivity index (χ3v) is 3.79. The van der Waals surface area contributed by atoms with Crippen LogP contribution in [0.25, 0.3) is 10.8 Å². The van der Waals surface area contributed by atoms with Crippen LogP contribution in [-0.2, 0) is 11.3 Å². The summed E-state index contributed by atoms with van der Waals surface area (Å²) in [7, 11) is 3.30. The van der Waals surface area contributed by atoms with E-state index in [0.717, 1.165) is 10.8 Å². The van der Waals surface area contributed by atoms with E-state index in [0.29, 0.717) is 11.1 Å². The molecule has 0 atom stereocenters. The van der Waals surface area contributed by atoms with E-state index in [1.165, 1.54) is 22.0 Å². The van der Waals surface area contributed by atoms with Gasteiger partial charge in [0.25, 0.3) is 5.91 Å². The summed E-state index contributed by atoms with van der Waals surface area (Å²) in [5, 5.41) is 17.4. The van der Waals surface area contributed by atoms with Gasteiger partial charge in [-0.05, 0) is 22.9 Å². The van der Waals surface area contributed by atoms with Gasteiger partial charge in [-0.3, -0.25) is 14.9 Å². The van der Waals surface area contributed by atoms with Crippen LogP contribution in [0.2, 0.25) is 0 Å². The summed E-state index contributed by atoms with van der Waals surface area (Å²) in [6.45, 7) is 0.0305. The van der Waals surface area contributed by atoms with Crippen molar-refractivity contribution in [2.24, 2.45) is 0 Å². The summed E-state index contributed by atoms with van der Waals surface area (Å²) < 4.78 is 1.35. The monoisotopic (exact) mass is 348 g/mol. The van der Waals surface area contributed by atoms with E-state index in [9.17, 15) is 14.9 Å². The number of carbonyl (C=O) groups excluding carboxylic acids is 2. The second kappa shape index (κ2) is 7.03. The van der Waals surface area contributed by atoms with E-state index < -0.39 is 5.91 Å². The van der Waals surface area contributed by atoms with Gasteiger partial charge in [0, 0.05) is 19.7 Å². The van der Waals surface area contributed by atoms with Gasteiger partial charge in [-0.25, -0.2) is 9.67 Å². The van der Waals surface area contributed by atoms with E-state index in [1.54, 1.807) is 20.2 Å². The van der Waals surface area contributed by atoms with Gasteiger partial charge in [0.15, 0.2) is 0 Å². The first-order chi connectivity index (χ1) is 12.5. The second-order valence-corrected chi connectivity index (χ2v) is 5.86. The maximum absolute atomic E-state index is 12.7. The summed E-state index contributed by atoms with van der Waals surface area (Å²) in [5.74, 6) is -0.469. The van der Waals surface area contributed by atoms with Gasteiger partial charge >= 0.3 is 0 Å². The molecule has 8 nitrogen and oxygen atoms in total. The van der Waals surface area contributed by atoms with Crippen LogP contribution in [0.3, 0.4) is 0 Å². The molecule has 0 aliphatic carbocycles. The second-order valence-electron chi connectivity index (χ2n) is 5.86. The Bertz CT molecular complexity index is 1030. The lowest BCUT2D eigenvalue weighted by atomic mass is 10.0. The van der Waals surface area contributed by atoms with Crippen LogP contribution in [0, 0.1) is 11.3 Å². The largest absolute Gasteiger partial charge is 0.347 e. The van der Waals surface area contributed by atoms with Crippen molar-refractivity contribution >= 4 is 28.5 Å². The molecule has 3 aromatic rings. The summed E-state index contributed by atoms with van der Waals surface area (Å²) >= 11 is 0. The average Bonchev–Trinajstić information content (AvgIpc) is 3.07. The molecule has 0 radical (unpaired) electrons. The van der Waals surface area contributed by atoms with Gasteiger partial charge in [-0.15, -0.1) is 5.10 Å². The first-order valence-electron chi connectivity index (χ1n) is 7.82. The molecule has 0 bridgehead atoms. The number of benzene rings is 2. The van der Waals surface area contributed by atoms with E-state index >= 15 is 0 Å². The van der Waals surface area contributed by atoms with Gasteiger partial charge in [-0.1, -0.05) is 24.3 Å². The molecule has 1 heterocycles. The highest BCUT2D eigenvalue weighted by atomic mass is 16.2. The minimum absolute atomic E-state index is 0.0305. The smallest absolute Gasteiger partial charge is 0.258 e. The van der Waals surface area contributed by atoms with Crippen molar-refractivity contribution in [2.45, 2.75) is 6.54 Å². The highest BCUT2D eigenvalue weighted by Gasteiger charge is 2.15. The third-order valence-electron chi connectivity index (χ3n) is 3.79. The van der Waals surface area contributed by atoms with Crippen molar-refractivity contribution in [1.82, 2.24) is 19.7 Å². The molecule has 0 saturated carbocycles. The first-order valence-corrected chi connectivity index (χ1v) is 7.82. The lowest BCUT2D eigenvalue weighted by molar-refractivity contribution is -0.129. The number of hydrogen-bond donors (Lipinski definition) is 1. The highest BCUT2D eigenvalue weighted by molar-refractivity contribution is 6.12. The molecule has 0 saturated heterocycles. The Morgan fingerprint density at radius 2 is 2.04 bits per heavy atom. The zero-order valence-electron chi connectivity index (χ0n) is 14.3. The van der Waals surface area contributed by atoms with Crippen LogP contribution in [-0.4, -0.2) is 45.6 Å². The Kier molecular flexibility index (Phi) is 4.62. The van der Waals surface area contributed by atoms with Crippen molar-refractivity contribution in [3.05, 3.63) is 53.9 Å². The van der Waals surface area contributed by atoms with Crippen molar-refractivity contribution in [3.8, 4) is 6.07 Å². The van der Waals surface area contributed by atoms with Crippen LogP contribution >= 0.6 is 0 Å². The molecule has 1 aromatic heterocycles. The lowest BCUT2D eigenvalue weighted by Gasteiger charge is -2.09. The SMILES string of the molecule is CN(C)C(=O)Cn1cnc(NC(=O)c2cc(C#N)cc3ccccc23)n1. The van der Waals surface area contributed by atoms with Gasteiger partial charge < -0.3 is 4.90 Å². The highest BCUT2D eigenvalue weighted by Crippen LogP contribution is 2.21. The number of aromatic nitrogens is 3. The summed E-state index contributed by atoms with van der Waals surface area (Å²) in [4.78, 5) is 29.8. The van der Waals surface area contributed by atoms with Crippen molar-refractivity contribution in [1.29, 1.82) is 5.26 Å². The summed E-state index contributed by atoms with van der Waals surface area (Å²) in [5.41, 5.74) is 0.754. The minimum Gasteiger partial charge on any atom is -0.347 e. The molecule has 0 aliphatic heterocycles. The Labute approximate surface area is 149 Å². The molecule has 1 N–H and O–H groups in total. The number of anilines is 1. The van der Waals surface area contributed by atoms with Crippen LogP contribution < -0.4 is 5.32 Å². The predicted molar refractivity (Wildman–Crippen MR) is 95.3 cm³/mol. The molecule has 26 heavy (non-hydrogen) atoms. The maximum atomic E-state index is 12.7. The lowest BCUT2D eigenvalue weighted by Crippen LogP contribution is -2.26. The van der Waals surface area contributed by atoms with Crippen molar-refractivity contribution < 1.29 is 9.59 Å². The van der Waals surface area contributed by atoms with E-state index in [-0.39, 0.29) is 18.4 Å². The van der Waals surface area contributed by atoms with Crippen molar-refractivity contribution in [3.63, 3.8) is 0 Å². The molecule has 130 valence electrons. The third kappa shape index (κ3) is 3.52. The Morgan fingerprint density at radius 1 is 1.27 bits per heavy atom. The van der Waals surface area contributed by atoms with Crippen LogP contribution in [0.15, 0.2) is 42.7 Å². The number of hydrogen-bond acceptors (Lipinski definition) is 5. The Balaban J connectivity index is 1.85. The van der Waals surface area contributed by atoms with Gasteiger partial charge in [-0.2, -0.15) is 5.26 Å². The molecular formula is C18H16N6O2. The molecule has 0 aliphatic rings. The molecular weight excluding hydrogens is 332 g/mol. The number of carbonyl (C=O) groups is 2. The van der Waals surface area contributed by atoms with Gasteiger partial charge in [0.05, 0.1) is 11.6 Å². The number of likely N-dealkylation sites (N-methyl/N-ethyl adjacent to an activating group) is 1. The normalized spacial score (nSPS) is 10.3. The quantitative estimate of drug-likeness (QED) is 0.772. The molecule has 0 fully saturated rings. The van der Waals surface area contributed by atoms with E-state index in [2.05, 4.69) is 21.5 Å². The molecule has 3 rings (SSSR count). The molecule has 0 unspecified atom stereocenters. The summed E-state index contributed by atoms with van der Waals surface area (Å²) in [6.07, 6.45) is 1.38. The molecule has 0 spiro atoms. The van der Waals surface area contributed by atoms with Crippen LogP contribution in [0.5, 0.6) is 0 Å². The fourth-order valence-electron chi connectivity index (χ4n) is 2.44. The molecule has 2 amide bonds. The van der Waals surface area contributed by atoms with Crippen molar-refractivity contribution in [2.75, 3.05) is 19.4 Å². The topological polar surface area (TPSA) is 104 Å². The minimum atomic E-state index is -0.421. The van der Waals surface area contributed by atoms with E-state index in [1.807, 2.05) is 24.3 Å². The fourth-order valence-corrected chi connectivity index (χ4v) is 2.44. The van der Waals surface area contributed by atoms with Gasteiger partial charge in [0.1, 0.15) is 12.9 Å². The number of nitriles is 1. The number of amides is 2. The maximum Gasteiger partial charge on any atom is 0.258 e. The zero-order valence-corrected chi connectivity index (χ0v) is 14.3. The molecule has 8 heteroatoms.